The third kappa shape index (κ3) is 2.91. The van der Waals surface area contributed by atoms with Crippen LogP contribution in [0.15, 0.2) is 30.3 Å². The number of hydrogen-bond donors (Lipinski definition) is 1. The van der Waals surface area contributed by atoms with E-state index in [4.69, 9.17) is 0 Å². The molecule has 1 heterocycles. The molecule has 1 aromatic carbocycles. The van der Waals surface area contributed by atoms with Crippen LogP contribution in [0.2, 0.25) is 0 Å². The molecule has 2 atom stereocenters. The van der Waals surface area contributed by atoms with Gasteiger partial charge in [-0.2, -0.15) is 0 Å². The summed E-state index contributed by atoms with van der Waals surface area (Å²) >= 11 is 0. The van der Waals surface area contributed by atoms with E-state index in [-0.39, 0.29) is 11.8 Å². The topological polar surface area (TPSA) is 32.3 Å². The van der Waals surface area contributed by atoms with Gasteiger partial charge in [-0.1, -0.05) is 18.2 Å². The van der Waals surface area contributed by atoms with Crippen LogP contribution in [0, 0.1) is 5.92 Å². The van der Waals surface area contributed by atoms with Gasteiger partial charge < -0.3 is 10.2 Å². The van der Waals surface area contributed by atoms with Crippen LogP contribution in [0.1, 0.15) is 26.7 Å². The molecule has 1 amide bonds. The Kier molecular flexibility index (Phi) is 4.37. The standard InChI is InChI=1S/C15H22N2O/c1-3-17(14-7-5-4-6-8-14)15(18)13-9-10-16-12(2)11-13/h4-8,12-13,16H,3,9-11H2,1-2H3/t12-,13-/m0/s1. The maximum atomic E-state index is 12.6. The quantitative estimate of drug-likeness (QED) is 0.888. The van der Waals surface area contributed by atoms with Crippen molar-refractivity contribution in [2.75, 3.05) is 18.0 Å². The minimum atomic E-state index is 0.168. The fraction of sp³-hybridized carbons (Fsp3) is 0.533. The Morgan fingerprint density at radius 2 is 2.11 bits per heavy atom. The number of nitrogens with zero attached hydrogens (tertiary/aromatic N) is 1. The van der Waals surface area contributed by atoms with E-state index in [0.29, 0.717) is 6.04 Å². The zero-order valence-corrected chi connectivity index (χ0v) is 11.2. The minimum absolute atomic E-state index is 0.168. The Hall–Kier alpha value is -1.35. The number of para-hydroxylation sites is 1. The monoisotopic (exact) mass is 246 g/mol. The van der Waals surface area contributed by atoms with Crippen LogP contribution in [0.5, 0.6) is 0 Å². The van der Waals surface area contributed by atoms with Gasteiger partial charge in [0.2, 0.25) is 5.91 Å². The van der Waals surface area contributed by atoms with Crippen LogP contribution in [0.3, 0.4) is 0 Å². The van der Waals surface area contributed by atoms with Crippen LogP contribution in [0.25, 0.3) is 0 Å². The van der Waals surface area contributed by atoms with Gasteiger partial charge in [-0.3, -0.25) is 4.79 Å². The van der Waals surface area contributed by atoms with E-state index < -0.39 is 0 Å². The van der Waals surface area contributed by atoms with Crippen molar-refractivity contribution in [3.05, 3.63) is 30.3 Å². The molecule has 2 rings (SSSR count). The van der Waals surface area contributed by atoms with Crippen LogP contribution >= 0.6 is 0 Å². The molecule has 0 saturated carbocycles. The van der Waals surface area contributed by atoms with E-state index in [0.717, 1.165) is 31.6 Å². The smallest absolute Gasteiger partial charge is 0.230 e. The number of anilines is 1. The molecule has 18 heavy (non-hydrogen) atoms. The Morgan fingerprint density at radius 3 is 2.72 bits per heavy atom. The van der Waals surface area contributed by atoms with Crippen molar-refractivity contribution in [3.8, 4) is 0 Å². The van der Waals surface area contributed by atoms with Crippen molar-refractivity contribution in [1.29, 1.82) is 0 Å². The summed E-state index contributed by atoms with van der Waals surface area (Å²) in [6.07, 6.45) is 1.90. The van der Waals surface area contributed by atoms with Crippen LogP contribution in [0.4, 0.5) is 5.69 Å². The van der Waals surface area contributed by atoms with Gasteiger partial charge in [0.15, 0.2) is 0 Å². The predicted molar refractivity (Wildman–Crippen MR) is 74.7 cm³/mol. The summed E-state index contributed by atoms with van der Waals surface area (Å²) in [4.78, 5) is 14.5. The molecule has 1 aliphatic rings. The van der Waals surface area contributed by atoms with Crippen molar-refractivity contribution >= 4 is 11.6 Å². The van der Waals surface area contributed by atoms with E-state index in [1.165, 1.54) is 0 Å². The molecule has 0 radical (unpaired) electrons. The summed E-state index contributed by atoms with van der Waals surface area (Å²) in [6, 6.07) is 10.4. The Balaban J connectivity index is 2.10. The highest BCUT2D eigenvalue weighted by Gasteiger charge is 2.28. The average Bonchev–Trinajstić information content (AvgIpc) is 2.41. The highest BCUT2D eigenvalue weighted by atomic mass is 16.2. The number of carbonyl (C=O) groups is 1. The molecule has 98 valence electrons. The molecule has 0 spiro atoms. The second-order valence-electron chi connectivity index (χ2n) is 4.99. The summed E-state index contributed by atoms with van der Waals surface area (Å²) in [5, 5.41) is 3.39. The lowest BCUT2D eigenvalue weighted by atomic mass is 9.92. The molecule has 1 fully saturated rings. The fourth-order valence-electron chi connectivity index (χ4n) is 2.65. The van der Waals surface area contributed by atoms with E-state index in [1.807, 2.05) is 42.2 Å². The van der Waals surface area contributed by atoms with E-state index >= 15 is 0 Å². The van der Waals surface area contributed by atoms with Gasteiger partial charge in [0.1, 0.15) is 0 Å². The van der Waals surface area contributed by atoms with Crippen molar-refractivity contribution in [2.24, 2.45) is 5.92 Å². The maximum absolute atomic E-state index is 12.6. The molecule has 0 aliphatic carbocycles. The molecule has 3 nitrogen and oxygen atoms in total. The molecule has 1 saturated heterocycles. The maximum Gasteiger partial charge on any atom is 0.230 e. The van der Waals surface area contributed by atoms with Gasteiger partial charge in [0.25, 0.3) is 0 Å². The lowest BCUT2D eigenvalue weighted by Gasteiger charge is -2.31. The molecule has 1 aliphatic heterocycles. The summed E-state index contributed by atoms with van der Waals surface area (Å²) in [5.74, 6) is 0.443. The predicted octanol–water partition coefficient (Wildman–Crippen LogP) is 2.43. The Labute approximate surface area is 109 Å². The molecule has 0 unspecified atom stereocenters. The van der Waals surface area contributed by atoms with Gasteiger partial charge in [-0.05, 0) is 45.4 Å². The molecule has 3 heteroatoms. The first-order chi connectivity index (χ1) is 8.72. The number of rotatable bonds is 3. The second-order valence-corrected chi connectivity index (χ2v) is 4.99. The zero-order chi connectivity index (χ0) is 13.0. The molecule has 1 aromatic rings. The first kappa shape index (κ1) is 13.1. The molecular formula is C15H22N2O. The average molecular weight is 246 g/mol. The Bertz CT molecular complexity index is 391. The minimum Gasteiger partial charge on any atom is -0.314 e. The highest BCUT2D eigenvalue weighted by molar-refractivity contribution is 5.95. The summed E-state index contributed by atoms with van der Waals surface area (Å²) in [5.41, 5.74) is 1.01. The lowest BCUT2D eigenvalue weighted by molar-refractivity contribution is -0.123. The van der Waals surface area contributed by atoms with Crippen LogP contribution in [-0.2, 0) is 4.79 Å². The van der Waals surface area contributed by atoms with Crippen molar-refractivity contribution in [3.63, 3.8) is 0 Å². The first-order valence-corrected chi connectivity index (χ1v) is 6.82. The van der Waals surface area contributed by atoms with Gasteiger partial charge in [0, 0.05) is 24.2 Å². The van der Waals surface area contributed by atoms with Gasteiger partial charge in [-0.25, -0.2) is 0 Å². The largest absolute Gasteiger partial charge is 0.314 e. The van der Waals surface area contributed by atoms with E-state index in [2.05, 4.69) is 12.2 Å². The molecule has 1 N–H and O–H groups in total. The summed E-state index contributed by atoms with van der Waals surface area (Å²) < 4.78 is 0. The number of nitrogens with one attached hydrogen (secondary N) is 1. The van der Waals surface area contributed by atoms with Gasteiger partial charge in [0.05, 0.1) is 0 Å². The highest BCUT2D eigenvalue weighted by Crippen LogP contribution is 2.22. The van der Waals surface area contributed by atoms with Gasteiger partial charge >= 0.3 is 0 Å². The number of piperidine rings is 1. The number of amides is 1. The van der Waals surface area contributed by atoms with Gasteiger partial charge in [-0.15, -0.1) is 0 Å². The zero-order valence-electron chi connectivity index (χ0n) is 11.2. The molecule has 0 aromatic heterocycles. The van der Waals surface area contributed by atoms with Crippen molar-refractivity contribution in [1.82, 2.24) is 5.32 Å². The van der Waals surface area contributed by atoms with E-state index in [9.17, 15) is 4.79 Å². The number of hydrogen-bond acceptors (Lipinski definition) is 2. The summed E-state index contributed by atoms with van der Waals surface area (Å²) in [6.45, 7) is 5.87. The first-order valence-electron chi connectivity index (χ1n) is 6.82. The third-order valence-corrected chi connectivity index (χ3v) is 3.62. The van der Waals surface area contributed by atoms with Crippen LogP contribution in [-0.4, -0.2) is 25.0 Å². The normalized spacial score (nSPS) is 23.7. The second kappa shape index (κ2) is 6.01. The Morgan fingerprint density at radius 1 is 1.39 bits per heavy atom. The van der Waals surface area contributed by atoms with Crippen LogP contribution < -0.4 is 10.2 Å². The van der Waals surface area contributed by atoms with E-state index in [1.54, 1.807) is 0 Å². The molecular weight excluding hydrogens is 224 g/mol. The fourth-order valence-corrected chi connectivity index (χ4v) is 2.65. The lowest BCUT2D eigenvalue weighted by Crippen LogP contribution is -2.44. The van der Waals surface area contributed by atoms with Crippen molar-refractivity contribution in [2.45, 2.75) is 32.7 Å². The molecule has 0 bridgehead atoms. The summed E-state index contributed by atoms with van der Waals surface area (Å²) in [7, 11) is 0. The third-order valence-electron chi connectivity index (χ3n) is 3.62. The number of carbonyl (C=O) groups excluding carboxylic acids is 1. The number of benzene rings is 1. The van der Waals surface area contributed by atoms with Crippen molar-refractivity contribution < 1.29 is 4.79 Å². The SMILES string of the molecule is CCN(C(=O)[C@H]1CCN[C@@H](C)C1)c1ccccc1.